The van der Waals surface area contributed by atoms with Crippen molar-refractivity contribution in [2.75, 3.05) is 13.1 Å². The first-order valence-electron chi connectivity index (χ1n) is 8.35. The van der Waals surface area contributed by atoms with Gasteiger partial charge in [-0.1, -0.05) is 42.5 Å². The molecule has 0 heterocycles. The molecule has 1 amide bonds. The number of nitrogens with zero attached hydrogens (tertiary/aromatic N) is 1. The van der Waals surface area contributed by atoms with Gasteiger partial charge in [-0.25, -0.2) is 4.39 Å². The normalized spacial score (nSPS) is 10.8. The molecule has 4 heteroatoms. The smallest absolute Gasteiger partial charge is 0.237 e. The fourth-order valence-electron chi connectivity index (χ4n) is 2.52. The number of nitrogens with one attached hydrogen (secondary N) is 1. The highest BCUT2D eigenvalue weighted by Gasteiger charge is 2.16. The quantitative estimate of drug-likeness (QED) is 0.753. The van der Waals surface area contributed by atoms with Gasteiger partial charge in [0.15, 0.2) is 0 Å². The molecule has 2 aromatic rings. The second kappa shape index (κ2) is 9.18. The lowest BCUT2D eigenvalue weighted by atomic mass is 10.1. The van der Waals surface area contributed by atoms with Crippen LogP contribution in [0, 0.1) is 5.82 Å². The van der Waals surface area contributed by atoms with Crippen LogP contribution < -0.4 is 5.32 Å². The van der Waals surface area contributed by atoms with Crippen LogP contribution in [0.15, 0.2) is 54.6 Å². The van der Waals surface area contributed by atoms with Crippen LogP contribution >= 0.6 is 0 Å². The third kappa shape index (κ3) is 5.78. The Kier molecular flexibility index (Phi) is 6.94. The number of hydrogen-bond acceptors (Lipinski definition) is 2. The van der Waals surface area contributed by atoms with Gasteiger partial charge in [0.05, 0.1) is 6.54 Å². The third-order valence-corrected chi connectivity index (χ3v) is 3.92. The third-order valence-electron chi connectivity index (χ3n) is 3.92. The van der Waals surface area contributed by atoms with Gasteiger partial charge in [0, 0.05) is 12.6 Å². The number of carbonyl (C=O) groups is 1. The number of carbonyl (C=O) groups excluding carboxylic acids is 1. The molecule has 1 N–H and O–H groups in total. The van der Waals surface area contributed by atoms with Gasteiger partial charge in [-0.3, -0.25) is 4.79 Å². The van der Waals surface area contributed by atoms with Crippen molar-refractivity contribution >= 4 is 5.91 Å². The first kappa shape index (κ1) is 18.1. The second-order valence-corrected chi connectivity index (χ2v) is 6.15. The van der Waals surface area contributed by atoms with Crippen LogP contribution in [0.25, 0.3) is 0 Å². The van der Waals surface area contributed by atoms with Crippen LogP contribution in [0.3, 0.4) is 0 Å². The standard InChI is InChI=1S/C20H25FN2O/c1-16(2)23(15-18-6-4-3-5-7-18)20(24)14-22-13-12-17-8-10-19(21)11-9-17/h3-11,16,22H,12-15H2,1-2H3. The van der Waals surface area contributed by atoms with Gasteiger partial charge in [-0.2, -0.15) is 0 Å². The molecule has 0 bridgehead atoms. The Balaban J connectivity index is 1.79. The molecule has 0 saturated heterocycles. The number of amides is 1. The molecule has 0 aliphatic heterocycles. The fourth-order valence-corrected chi connectivity index (χ4v) is 2.52. The number of hydrogen-bond donors (Lipinski definition) is 1. The molecule has 128 valence electrons. The summed E-state index contributed by atoms with van der Waals surface area (Å²) in [6.45, 7) is 5.68. The summed E-state index contributed by atoms with van der Waals surface area (Å²) in [4.78, 5) is 14.3. The van der Waals surface area contributed by atoms with Crippen LogP contribution in [0.2, 0.25) is 0 Å². The molecule has 0 aliphatic carbocycles. The van der Waals surface area contributed by atoms with Crippen molar-refractivity contribution in [3.63, 3.8) is 0 Å². The van der Waals surface area contributed by atoms with E-state index in [0.29, 0.717) is 19.6 Å². The van der Waals surface area contributed by atoms with Gasteiger partial charge in [-0.05, 0) is 50.1 Å². The van der Waals surface area contributed by atoms with Crippen molar-refractivity contribution in [2.45, 2.75) is 32.9 Å². The number of benzene rings is 2. The Labute approximate surface area is 143 Å². The summed E-state index contributed by atoms with van der Waals surface area (Å²) in [6.07, 6.45) is 0.772. The van der Waals surface area contributed by atoms with Crippen molar-refractivity contribution in [2.24, 2.45) is 0 Å². The van der Waals surface area contributed by atoms with Crippen molar-refractivity contribution in [1.29, 1.82) is 0 Å². The molecule has 0 atom stereocenters. The Morgan fingerprint density at radius 3 is 2.33 bits per heavy atom. The SMILES string of the molecule is CC(C)N(Cc1ccccc1)C(=O)CNCCc1ccc(F)cc1. The molecular weight excluding hydrogens is 303 g/mol. The molecule has 0 aliphatic rings. The molecule has 24 heavy (non-hydrogen) atoms. The van der Waals surface area contributed by atoms with E-state index in [9.17, 15) is 9.18 Å². The summed E-state index contributed by atoms with van der Waals surface area (Å²) < 4.78 is 12.9. The zero-order valence-electron chi connectivity index (χ0n) is 14.3. The van der Waals surface area contributed by atoms with Gasteiger partial charge >= 0.3 is 0 Å². The highest BCUT2D eigenvalue weighted by Crippen LogP contribution is 2.08. The molecule has 0 fully saturated rings. The summed E-state index contributed by atoms with van der Waals surface area (Å²) in [6, 6.07) is 16.6. The zero-order valence-corrected chi connectivity index (χ0v) is 14.3. The Hall–Kier alpha value is -2.20. The maximum atomic E-state index is 12.9. The molecule has 2 rings (SSSR count). The van der Waals surface area contributed by atoms with Crippen LogP contribution in [-0.4, -0.2) is 29.9 Å². The van der Waals surface area contributed by atoms with Gasteiger partial charge in [0.2, 0.25) is 5.91 Å². The predicted molar refractivity (Wildman–Crippen MR) is 95.1 cm³/mol. The first-order valence-corrected chi connectivity index (χ1v) is 8.35. The first-order chi connectivity index (χ1) is 11.6. The van der Waals surface area contributed by atoms with E-state index >= 15 is 0 Å². The van der Waals surface area contributed by atoms with Gasteiger partial charge in [0.25, 0.3) is 0 Å². The Bertz CT molecular complexity index is 626. The Morgan fingerprint density at radius 1 is 1.04 bits per heavy atom. The van der Waals surface area contributed by atoms with Crippen LogP contribution in [-0.2, 0) is 17.8 Å². The number of rotatable bonds is 8. The monoisotopic (exact) mass is 328 g/mol. The maximum absolute atomic E-state index is 12.9. The minimum atomic E-state index is -0.227. The molecule has 0 spiro atoms. The minimum Gasteiger partial charge on any atom is -0.335 e. The largest absolute Gasteiger partial charge is 0.335 e. The summed E-state index contributed by atoms with van der Waals surface area (Å²) in [5, 5.41) is 3.18. The lowest BCUT2D eigenvalue weighted by Gasteiger charge is -2.27. The molecule has 0 saturated carbocycles. The van der Waals surface area contributed by atoms with Crippen molar-refractivity contribution in [3.8, 4) is 0 Å². The average molecular weight is 328 g/mol. The lowest BCUT2D eigenvalue weighted by molar-refractivity contribution is -0.132. The molecule has 0 aromatic heterocycles. The molecule has 3 nitrogen and oxygen atoms in total. The van der Waals surface area contributed by atoms with E-state index in [4.69, 9.17) is 0 Å². The minimum absolute atomic E-state index is 0.0907. The molecule has 0 radical (unpaired) electrons. The molecular formula is C20H25FN2O. The van der Waals surface area contributed by atoms with E-state index in [1.54, 1.807) is 12.1 Å². The highest BCUT2D eigenvalue weighted by atomic mass is 19.1. The van der Waals surface area contributed by atoms with Gasteiger partial charge in [-0.15, -0.1) is 0 Å². The average Bonchev–Trinajstić information content (AvgIpc) is 2.58. The molecule has 2 aromatic carbocycles. The van der Waals surface area contributed by atoms with Crippen molar-refractivity contribution in [1.82, 2.24) is 10.2 Å². The van der Waals surface area contributed by atoms with E-state index < -0.39 is 0 Å². The van der Waals surface area contributed by atoms with E-state index in [1.165, 1.54) is 12.1 Å². The van der Waals surface area contributed by atoms with E-state index in [2.05, 4.69) is 5.32 Å². The Morgan fingerprint density at radius 2 is 1.71 bits per heavy atom. The van der Waals surface area contributed by atoms with Gasteiger partial charge in [0.1, 0.15) is 5.82 Å². The summed E-state index contributed by atoms with van der Waals surface area (Å²) in [5.74, 6) is -0.136. The second-order valence-electron chi connectivity index (χ2n) is 6.15. The van der Waals surface area contributed by atoms with E-state index in [1.807, 2.05) is 49.1 Å². The van der Waals surface area contributed by atoms with E-state index in [-0.39, 0.29) is 17.8 Å². The highest BCUT2D eigenvalue weighted by molar-refractivity contribution is 5.78. The van der Waals surface area contributed by atoms with Crippen LogP contribution in [0.5, 0.6) is 0 Å². The summed E-state index contributed by atoms with van der Waals surface area (Å²) >= 11 is 0. The lowest BCUT2D eigenvalue weighted by Crippen LogP contribution is -2.42. The zero-order chi connectivity index (χ0) is 17.4. The van der Waals surface area contributed by atoms with Crippen LogP contribution in [0.4, 0.5) is 4.39 Å². The maximum Gasteiger partial charge on any atom is 0.237 e. The molecule has 0 unspecified atom stereocenters. The van der Waals surface area contributed by atoms with Gasteiger partial charge < -0.3 is 10.2 Å². The predicted octanol–water partition coefficient (Wildman–Crippen LogP) is 3.40. The fraction of sp³-hybridized carbons (Fsp3) is 0.350. The summed E-state index contributed by atoms with van der Waals surface area (Å²) in [5.41, 5.74) is 2.19. The summed E-state index contributed by atoms with van der Waals surface area (Å²) in [7, 11) is 0. The topological polar surface area (TPSA) is 32.3 Å². The van der Waals surface area contributed by atoms with Crippen molar-refractivity contribution < 1.29 is 9.18 Å². The van der Waals surface area contributed by atoms with Crippen LogP contribution in [0.1, 0.15) is 25.0 Å². The van der Waals surface area contributed by atoms with E-state index in [0.717, 1.165) is 17.5 Å². The number of halogens is 1. The van der Waals surface area contributed by atoms with Crippen molar-refractivity contribution in [3.05, 3.63) is 71.5 Å².